The quantitative estimate of drug-likeness (QED) is 0.853. The number of hydrogen-bond donors (Lipinski definition) is 0. The van der Waals surface area contributed by atoms with E-state index in [1.165, 1.54) is 12.0 Å². The van der Waals surface area contributed by atoms with Crippen molar-refractivity contribution >= 4 is 17.5 Å². The summed E-state index contributed by atoms with van der Waals surface area (Å²) in [6.45, 7) is 3.94. The summed E-state index contributed by atoms with van der Waals surface area (Å²) < 4.78 is 0. The fourth-order valence-corrected chi connectivity index (χ4v) is 3.85. The van der Waals surface area contributed by atoms with Gasteiger partial charge in [0.25, 0.3) is 0 Å². The van der Waals surface area contributed by atoms with Crippen LogP contribution in [0.3, 0.4) is 0 Å². The zero-order chi connectivity index (χ0) is 16.5. The minimum Gasteiger partial charge on any atom is -0.341 e. The third-order valence-electron chi connectivity index (χ3n) is 5.00. The Morgan fingerprint density at radius 3 is 2.75 bits per heavy atom. The highest BCUT2D eigenvalue weighted by Crippen LogP contribution is 2.37. The van der Waals surface area contributed by atoms with Crippen LogP contribution in [-0.2, 0) is 11.2 Å². The van der Waals surface area contributed by atoms with E-state index >= 15 is 0 Å². The SMILES string of the molecule is CC1CCCN(C(=O)C2Cc3ccccc3N2c2ncccn2)C1. The molecule has 0 bridgehead atoms. The fraction of sp³-hybridized carbons (Fsp3) is 0.421. The topological polar surface area (TPSA) is 49.3 Å². The predicted octanol–water partition coefficient (Wildman–Crippen LogP) is 2.80. The van der Waals surface area contributed by atoms with E-state index in [9.17, 15) is 4.79 Å². The molecule has 0 aliphatic carbocycles. The highest BCUT2D eigenvalue weighted by Gasteiger charge is 2.39. The second-order valence-corrected chi connectivity index (χ2v) is 6.80. The lowest BCUT2D eigenvalue weighted by Crippen LogP contribution is -2.49. The van der Waals surface area contributed by atoms with Crippen molar-refractivity contribution in [1.29, 1.82) is 0 Å². The number of piperidine rings is 1. The van der Waals surface area contributed by atoms with Gasteiger partial charge in [0.1, 0.15) is 6.04 Å². The van der Waals surface area contributed by atoms with Crippen LogP contribution in [0.5, 0.6) is 0 Å². The van der Waals surface area contributed by atoms with Crippen LogP contribution in [0.15, 0.2) is 42.7 Å². The molecule has 1 amide bonds. The van der Waals surface area contributed by atoms with Crippen molar-refractivity contribution in [3.63, 3.8) is 0 Å². The molecule has 0 saturated carbocycles. The average molecular weight is 322 g/mol. The molecule has 4 rings (SSSR count). The number of carbonyl (C=O) groups is 1. The zero-order valence-corrected chi connectivity index (χ0v) is 13.9. The van der Waals surface area contributed by atoms with Crippen LogP contribution in [0.2, 0.25) is 0 Å². The van der Waals surface area contributed by atoms with Gasteiger partial charge in [-0.25, -0.2) is 9.97 Å². The van der Waals surface area contributed by atoms with Gasteiger partial charge in [-0.1, -0.05) is 25.1 Å². The Morgan fingerprint density at radius 2 is 1.96 bits per heavy atom. The molecule has 3 heterocycles. The Morgan fingerprint density at radius 1 is 1.17 bits per heavy atom. The maximum absolute atomic E-state index is 13.2. The van der Waals surface area contributed by atoms with E-state index in [4.69, 9.17) is 0 Å². The van der Waals surface area contributed by atoms with Gasteiger partial charge in [0.15, 0.2) is 0 Å². The van der Waals surface area contributed by atoms with Crippen LogP contribution < -0.4 is 4.90 Å². The van der Waals surface area contributed by atoms with E-state index in [1.807, 2.05) is 21.9 Å². The Hall–Kier alpha value is -2.43. The Kier molecular flexibility index (Phi) is 3.92. The summed E-state index contributed by atoms with van der Waals surface area (Å²) in [5, 5.41) is 0. The Bertz CT molecular complexity index is 733. The van der Waals surface area contributed by atoms with Gasteiger partial charge in [0, 0.05) is 37.6 Å². The lowest BCUT2D eigenvalue weighted by atomic mass is 9.99. The summed E-state index contributed by atoms with van der Waals surface area (Å²) in [7, 11) is 0. The number of nitrogens with zero attached hydrogens (tertiary/aromatic N) is 4. The van der Waals surface area contributed by atoms with Gasteiger partial charge in [-0.2, -0.15) is 0 Å². The molecule has 1 aromatic heterocycles. The van der Waals surface area contributed by atoms with Crippen molar-refractivity contribution < 1.29 is 4.79 Å². The van der Waals surface area contributed by atoms with Crippen LogP contribution in [0.4, 0.5) is 11.6 Å². The molecule has 0 N–H and O–H groups in total. The van der Waals surface area contributed by atoms with Crippen molar-refractivity contribution in [3.8, 4) is 0 Å². The minimum absolute atomic E-state index is 0.199. The first kappa shape index (κ1) is 15.1. The third kappa shape index (κ3) is 2.64. The van der Waals surface area contributed by atoms with Crippen molar-refractivity contribution in [2.75, 3.05) is 18.0 Å². The normalized spacial score (nSPS) is 23.2. The lowest BCUT2D eigenvalue weighted by Gasteiger charge is -2.35. The summed E-state index contributed by atoms with van der Waals surface area (Å²) >= 11 is 0. The van der Waals surface area contributed by atoms with Gasteiger partial charge >= 0.3 is 0 Å². The molecule has 1 saturated heterocycles. The smallest absolute Gasteiger partial charge is 0.246 e. The molecule has 1 fully saturated rings. The average Bonchev–Trinajstić information content (AvgIpc) is 3.01. The molecule has 2 atom stereocenters. The van der Waals surface area contributed by atoms with Crippen molar-refractivity contribution in [2.24, 2.45) is 5.92 Å². The molecule has 24 heavy (non-hydrogen) atoms. The van der Waals surface area contributed by atoms with E-state index in [-0.39, 0.29) is 11.9 Å². The number of rotatable bonds is 2. The van der Waals surface area contributed by atoms with Crippen molar-refractivity contribution in [2.45, 2.75) is 32.2 Å². The van der Waals surface area contributed by atoms with Gasteiger partial charge in [-0.05, 0) is 36.5 Å². The second-order valence-electron chi connectivity index (χ2n) is 6.80. The van der Waals surface area contributed by atoms with Gasteiger partial charge in [-0.15, -0.1) is 0 Å². The predicted molar refractivity (Wildman–Crippen MR) is 93.1 cm³/mol. The maximum atomic E-state index is 13.2. The highest BCUT2D eigenvalue weighted by molar-refractivity contribution is 5.90. The third-order valence-corrected chi connectivity index (χ3v) is 5.00. The number of fused-ring (bicyclic) bond motifs is 1. The van der Waals surface area contributed by atoms with E-state index in [0.717, 1.165) is 31.6 Å². The standard InChI is InChI=1S/C19H22N4O/c1-14-6-4-11-22(13-14)18(24)17-12-15-7-2-3-8-16(15)23(17)19-20-9-5-10-21-19/h2-3,5,7-10,14,17H,4,6,11-13H2,1H3. The van der Waals surface area contributed by atoms with Gasteiger partial charge in [0.2, 0.25) is 11.9 Å². The molecular formula is C19H22N4O. The minimum atomic E-state index is -0.241. The largest absolute Gasteiger partial charge is 0.341 e. The van der Waals surface area contributed by atoms with Crippen LogP contribution in [0, 0.1) is 5.92 Å². The molecule has 0 spiro atoms. The number of hydrogen-bond acceptors (Lipinski definition) is 4. The number of para-hydroxylation sites is 1. The first-order valence-electron chi connectivity index (χ1n) is 8.67. The first-order valence-corrected chi connectivity index (χ1v) is 8.67. The summed E-state index contributed by atoms with van der Waals surface area (Å²) in [5.41, 5.74) is 2.24. The lowest BCUT2D eigenvalue weighted by molar-refractivity contribution is -0.134. The van der Waals surface area contributed by atoms with Gasteiger partial charge in [0.05, 0.1) is 0 Å². The molecule has 5 nitrogen and oxygen atoms in total. The van der Waals surface area contributed by atoms with Gasteiger partial charge < -0.3 is 4.90 Å². The molecule has 1 aromatic carbocycles. The first-order chi connectivity index (χ1) is 11.7. The number of benzene rings is 1. The summed E-state index contributed by atoms with van der Waals surface area (Å²) in [4.78, 5) is 26.1. The van der Waals surface area contributed by atoms with E-state index < -0.39 is 0 Å². The molecular weight excluding hydrogens is 300 g/mol. The maximum Gasteiger partial charge on any atom is 0.246 e. The van der Waals surface area contributed by atoms with E-state index in [1.54, 1.807) is 18.5 Å². The number of amides is 1. The van der Waals surface area contributed by atoms with E-state index in [0.29, 0.717) is 11.9 Å². The molecule has 0 radical (unpaired) electrons. The number of carbonyl (C=O) groups excluding carboxylic acids is 1. The van der Waals surface area contributed by atoms with E-state index in [2.05, 4.69) is 29.0 Å². The second kappa shape index (κ2) is 6.23. The Balaban J connectivity index is 1.68. The number of likely N-dealkylation sites (tertiary alicyclic amines) is 1. The monoisotopic (exact) mass is 322 g/mol. The molecule has 124 valence electrons. The van der Waals surface area contributed by atoms with Crippen LogP contribution >= 0.6 is 0 Å². The molecule has 2 unspecified atom stereocenters. The van der Waals surface area contributed by atoms with Crippen molar-refractivity contribution in [1.82, 2.24) is 14.9 Å². The van der Waals surface area contributed by atoms with Crippen LogP contribution in [0.1, 0.15) is 25.3 Å². The summed E-state index contributed by atoms with van der Waals surface area (Å²) in [5.74, 6) is 1.38. The molecule has 2 aliphatic heterocycles. The van der Waals surface area contributed by atoms with Crippen LogP contribution in [-0.4, -0.2) is 39.9 Å². The molecule has 2 aromatic rings. The number of aromatic nitrogens is 2. The highest BCUT2D eigenvalue weighted by atomic mass is 16.2. The van der Waals surface area contributed by atoms with Gasteiger partial charge in [-0.3, -0.25) is 9.69 Å². The van der Waals surface area contributed by atoms with Crippen molar-refractivity contribution in [3.05, 3.63) is 48.3 Å². The summed E-state index contributed by atoms with van der Waals surface area (Å²) in [6, 6.07) is 9.74. The fourth-order valence-electron chi connectivity index (χ4n) is 3.85. The van der Waals surface area contributed by atoms with Crippen LogP contribution in [0.25, 0.3) is 0 Å². The zero-order valence-electron chi connectivity index (χ0n) is 13.9. The molecule has 2 aliphatic rings. The number of anilines is 2. The summed E-state index contributed by atoms with van der Waals surface area (Å²) in [6.07, 6.45) is 6.48. The molecule has 5 heteroatoms. The Labute approximate surface area is 142 Å².